The SMILES string of the molecule is O=C(NC1=NOCN1)C(=O)c1ccccc1. The topological polar surface area (TPSA) is 79.8 Å². The molecule has 0 saturated heterocycles. The largest absolute Gasteiger partial charge is 0.371 e. The van der Waals surface area contributed by atoms with Gasteiger partial charge in [0.25, 0.3) is 11.7 Å². The fourth-order valence-electron chi connectivity index (χ4n) is 1.18. The van der Waals surface area contributed by atoms with Crippen LogP contribution in [0.2, 0.25) is 0 Å². The third-order valence-corrected chi connectivity index (χ3v) is 1.93. The first-order chi connectivity index (χ1) is 7.77. The molecule has 1 aromatic carbocycles. The normalized spacial score (nSPS) is 13.4. The second-order valence-corrected chi connectivity index (χ2v) is 3.04. The predicted octanol–water partition coefficient (Wildman–Crippen LogP) is -0.166. The molecule has 1 aromatic rings. The van der Waals surface area contributed by atoms with Crippen LogP contribution in [0.1, 0.15) is 10.4 Å². The van der Waals surface area contributed by atoms with E-state index in [1.165, 1.54) is 0 Å². The highest BCUT2D eigenvalue weighted by Gasteiger charge is 2.19. The van der Waals surface area contributed by atoms with Gasteiger partial charge in [0.05, 0.1) is 0 Å². The molecule has 0 atom stereocenters. The summed E-state index contributed by atoms with van der Waals surface area (Å²) in [6, 6.07) is 8.29. The van der Waals surface area contributed by atoms with Crippen LogP contribution in [-0.4, -0.2) is 24.4 Å². The number of Topliss-reactive ketones (excluding diaryl/α,β-unsaturated/α-hetero) is 1. The van der Waals surface area contributed by atoms with Crippen molar-refractivity contribution in [2.75, 3.05) is 6.73 Å². The molecule has 6 nitrogen and oxygen atoms in total. The van der Waals surface area contributed by atoms with Crippen molar-refractivity contribution in [3.8, 4) is 0 Å². The van der Waals surface area contributed by atoms with Gasteiger partial charge in [0.15, 0.2) is 6.73 Å². The van der Waals surface area contributed by atoms with E-state index in [2.05, 4.69) is 20.6 Å². The van der Waals surface area contributed by atoms with E-state index in [4.69, 9.17) is 0 Å². The van der Waals surface area contributed by atoms with E-state index in [1.54, 1.807) is 30.3 Å². The highest BCUT2D eigenvalue weighted by atomic mass is 16.6. The minimum atomic E-state index is -0.747. The van der Waals surface area contributed by atoms with E-state index in [1.807, 2.05) is 0 Å². The molecule has 2 N–H and O–H groups in total. The first-order valence-corrected chi connectivity index (χ1v) is 4.62. The maximum Gasteiger partial charge on any atom is 0.299 e. The number of nitrogens with one attached hydrogen (secondary N) is 2. The zero-order valence-electron chi connectivity index (χ0n) is 8.27. The molecule has 0 saturated carbocycles. The van der Waals surface area contributed by atoms with E-state index in [9.17, 15) is 9.59 Å². The van der Waals surface area contributed by atoms with E-state index >= 15 is 0 Å². The minimum Gasteiger partial charge on any atom is -0.371 e. The molecule has 1 aliphatic rings. The van der Waals surface area contributed by atoms with Gasteiger partial charge in [-0.2, -0.15) is 0 Å². The van der Waals surface area contributed by atoms with Gasteiger partial charge in [-0.3, -0.25) is 14.9 Å². The van der Waals surface area contributed by atoms with Gasteiger partial charge in [-0.1, -0.05) is 30.3 Å². The van der Waals surface area contributed by atoms with Gasteiger partial charge in [0.2, 0.25) is 5.96 Å². The average Bonchev–Trinajstić information content (AvgIpc) is 2.82. The summed E-state index contributed by atoms with van der Waals surface area (Å²) in [6.45, 7) is 0.190. The quantitative estimate of drug-likeness (QED) is 0.534. The highest BCUT2D eigenvalue weighted by molar-refractivity contribution is 6.44. The van der Waals surface area contributed by atoms with Gasteiger partial charge in [-0.25, -0.2) is 0 Å². The summed E-state index contributed by atoms with van der Waals surface area (Å²) in [5.41, 5.74) is 0.333. The van der Waals surface area contributed by atoms with Crippen molar-refractivity contribution in [3.63, 3.8) is 0 Å². The second-order valence-electron chi connectivity index (χ2n) is 3.04. The predicted molar refractivity (Wildman–Crippen MR) is 55.4 cm³/mol. The van der Waals surface area contributed by atoms with Gasteiger partial charge >= 0.3 is 0 Å². The van der Waals surface area contributed by atoms with Crippen molar-refractivity contribution in [3.05, 3.63) is 35.9 Å². The zero-order chi connectivity index (χ0) is 11.4. The number of ketones is 1. The van der Waals surface area contributed by atoms with Crippen LogP contribution >= 0.6 is 0 Å². The summed E-state index contributed by atoms with van der Waals surface area (Å²) in [7, 11) is 0. The molecule has 0 unspecified atom stereocenters. The third kappa shape index (κ3) is 2.17. The van der Waals surface area contributed by atoms with Crippen LogP contribution in [0, 0.1) is 0 Å². The first-order valence-electron chi connectivity index (χ1n) is 4.62. The van der Waals surface area contributed by atoms with Crippen LogP contribution in [0.3, 0.4) is 0 Å². The number of rotatable bonds is 2. The highest BCUT2D eigenvalue weighted by Crippen LogP contribution is 1.99. The van der Waals surface area contributed by atoms with Crippen LogP contribution in [0.5, 0.6) is 0 Å². The summed E-state index contributed by atoms with van der Waals surface area (Å²) in [4.78, 5) is 27.7. The Kier molecular flexibility index (Phi) is 2.81. The van der Waals surface area contributed by atoms with Crippen LogP contribution < -0.4 is 10.6 Å². The smallest absolute Gasteiger partial charge is 0.299 e. The third-order valence-electron chi connectivity index (χ3n) is 1.93. The lowest BCUT2D eigenvalue weighted by atomic mass is 10.1. The monoisotopic (exact) mass is 219 g/mol. The number of nitrogens with zero attached hydrogens (tertiary/aromatic N) is 1. The molecule has 6 heteroatoms. The second kappa shape index (κ2) is 4.43. The Morgan fingerprint density at radius 1 is 1.31 bits per heavy atom. The molecular formula is C10H9N3O3. The number of carbonyl (C=O) groups is 2. The Bertz CT molecular complexity index is 442. The van der Waals surface area contributed by atoms with Crippen molar-refractivity contribution in [1.82, 2.24) is 10.6 Å². The molecule has 16 heavy (non-hydrogen) atoms. The molecule has 0 bridgehead atoms. The molecule has 1 amide bonds. The van der Waals surface area contributed by atoms with E-state index in [0.29, 0.717) is 5.56 Å². The van der Waals surface area contributed by atoms with Crippen LogP contribution in [-0.2, 0) is 9.63 Å². The van der Waals surface area contributed by atoms with Crippen LogP contribution in [0.25, 0.3) is 0 Å². The maximum atomic E-state index is 11.6. The maximum absolute atomic E-state index is 11.6. The van der Waals surface area contributed by atoms with E-state index < -0.39 is 11.7 Å². The Hall–Kier alpha value is -2.37. The van der Waals surface area contributed by atoms with Gasteiger partial charge in [-0.15, -0.1) is 0 Å². The Labute approximate surface area is 91.3 Å². The molecule has 0 fully saturated rings. The summed E-state index contributed by atoms with van der Waals surface area (Å²) in [5.74, 6) is -1.21. The lowest BCUT2D eigenvalue weighted by Crippen LogP contribution is -2.41. The lowest BCUT2D eigenvalue weighted by molar-refractivity contribution is -0.115. The Balaban J connectivity index is 2.02. The minimum absolute atomic E-state index is 0.147. The molecule has 0 aromatic heterocycles. The first kappa shape index (κ1) is 10.2. The molecule has 0 spiro atoms. The van der Waals surface area contributed by atoms with Gasteiger partial charge in [0, 0.05) is 5.56 Å². The molecule has 2 rings (SSSR count). The molecule has 1 aliphatic heterocycles. The Morgan fingerprint density at radius 2 is 2.06 bits per heavy atom. The number of guanidine groups is 1. The van der Waals surface area contributed by atoms with E-state index in [-0.39, 0.29) is 12.7 Å². The summed E-state index contributed by atoms with van der Waals surface area (Å²) >= 11 is 0. The molecule has 0 radical (unpaired) electrons. The molecular weight excluding hydrogens is 210 g/mol. The number of hydrogen-bond acceptors (Lipinski definition) is 5. The van der Waals surface area contributed by atoms with Gasteiger partial charge in [0.1, 0.15) is 0 Å². The molecule has 0 aliphatic carbocycles. The zero-order valence-corrected chi connectivity index (χ0v) is 8.27. The van der Waals surface area contributed by atoms with Crippen molar-refractivity contribution in [2.24, 2.45) is 5.16 Å². The summed E-state index contributed by atoms with van der Waals surface area (Å²) in [5, 5.41) is 8.41. The number of oxime groups is 1. The van der Waals surface area contributed by atoms with Crippen molar-refractivity contribution >= 4 is 17.6 Å². The fraction of sp³-hybridized carbons (Fsp3) is 0.100. The van der Waals surface area contributed by atoms with Crippen molar-refractivity contribution in [2.45, 2.75) is 0 Å². The fourth-order valence-corrected chi connectivity index (χ4v) is 1.18. The van der Waals surface area contributed by atoms with Gasteiger partial charge < -0.3 is 10.2 Å². The van der Waals surface area contributed by atoms with E-state index in [0.717, 1.165) is 0 Å². The molecule has 82 valence electrons. The number of amides is 1. The number of benzene rings is 1. The van der Waals surface area contributed by atoms with Crippen LogP contribution in [0.15, 0.2) is 35.5 Å². The number of carbonyl (C=O) groups excluding carboxylic acids is 2. The lowest BCUT2D eigenvalue weighted by Gasteiger charge is -2.02. The average molecular weight is 219 g/mol. The Morgan fingerprint density at radius 3 is 2.69 bits per heavy atom. The van der Waals surface area contributed by atoms with Crippen LogP contribution in [0.4, 0.5) is 0 Å². The van der Waals surface area contributed by atoms with Crippen molar-refractivity contribution < 1.29 is 14.4 Å². The molecule has 1 heterocycles. The van der Waals surface area contributed by atoms with Crippen molar-refractivity contribution in [1.29, 1.82) is 0 Å². The standard InChI is InChI=1S/C10H9N3O3/c14-8(7-4-2-1-3-5-7)9(15)12-10-11-6-16-13-10/h1-5H,6H2,(H2,11,12,13,15). The summed E-state index contributed by atoms with van der Waals surface area (Å²) in [6.07, 6.45) is 0. The number of hydrogen-bond donors (Lipinski definition) is 2. The summed E-state index contributed by atoms with van der Waals surface area (Å²) < 4.78 is 0. The van der Waals surface area contributed by atoms with Gasteiger partial charge in [-0.05, 0) is 5.16 Å².